The third-order valence-electron chi connectivity index (χ3n) is 3.71. The Balaban J connectivity index is 2.18. The molecule has 2 N–H and O–H groups in total. The Bertz CT molecular complexity index is 496. The van der Waals surface area contributed by atoms with Crippen LogP contribution in [0.1, 0.15) is 38.0 Å². The highest BCUT2D eigenvalue weighted by Gasteiger charge is 2.24. The van der Waals surface area contributed by atoms with Crippen molar-refractivity contribution < 1.29 is 4.79 Å². The number of amides is 1. The molecule has 124 valence electrons. The Hall–Kier alpha value is -1.47. The maximum Gasteiger partial charge on any atom is 0.234 e. The van der Waals surface area contributed by atoms with Crippen LogP contribution in [0.25, 0.3) is 0 Å². The first kappa shape index (κ1) is 16.9. The summed E-state index contributed by atoms with van der Waals surface area (Å²) in [6, 6.07) is -0.0770. The van der Waals surface area contributed by atoms with Gasteiger partial charge in [-0.05, 0) is 26.4 Å². The Kier molecular flexibility index (Phi) is 5.90. The first-order valence-electron chi connectivity index (χ1n) is 8.04. The van der Waals surface area contributed by atoms with Crippen molar-refractivity contribution in [3.05, 3.63) is 11.6 Å². The van der Waals surface area contributed by atoms with E-state index in [-0.39, 0.29) is 11.9 Å². The molecule has 0 saturated heterocycles. The van der Waals surface area contributed by atoms with Gasteiger partial charge in [0.2, 0.25) is 5.91 Å². The SMILES string of the molecule is CC(C)C[C@H](NC(=O)CN(C)C)c1nnc2n1CCNCC2. The number of carbonyl (C=O) groups excluding carboxylic acids is 1. The van der Waals surface area contributed by atoms with Crippen LogP contribution < -0.4 is 10.6 Å². The van der Waals surface area contributed by atoms with E-state index >= 15 is 0 Å². The van der Waals surface area contributed by atoms with Gasteiger partial charge in [0.15, 0.2) is 5.82 Å². The molecule has 1 aliphatic heterocycles. The standard InChI is InChI=1S/C15H28N6O/c1-11(2)9-12(17-14(22)10-20(3)4)15-19-18-13-5-6-16-7-8-21(13)15/h11-12,16H,5-10H2,1-4H3,(H,17,22)/t12-/m0/s1. The molecule has 0 bridgehead atoms. The van der Waals surface area contributed by atoms with E-state index in [4.69, 9.17) is 0 Å². The van der Waals surface area contributed by atoms with Gasteiger partial charge in [-0.1, -0.05) is 13.8 Å². The number of hydrogen-bond donors (Lipinski definition) is 2. The summed E-state index contributed by atoms with van der Waals surface area (Å²) in [5.74, 6) is 2.40. The van der Waals surface area contributed by atoms with Crippen LogP contribution in [0, 0.1) is 5.92 Å². The summed E-state index contributed by atoms with van der Waals surface area (Å²) in [5, 5.41) is 15.2. The van der Waals surface area contributed by atoms with E-state index < -0.39 is 0 Å². The molecule has 22 heavy (non-hydrogen) atoms. The molecule has 0 aliphatic carbocycles. The fourth-order valence-electron chi connectivity index (χ4n) is 2.78. The van der Waals surface area contributed by atoms with Crippen LogP contribution in [-0.4, -0.2) is 59.3 Å². The summed E-state index contributed by atoms with van der Waals surface area (Å²) in [7, 11) is 3.79. The van der Waals surface area contributed by atoms with Gasteiger partial charge in [-0.2, -0.15) is 0 Å². The number of fused-ring (bicyclic) bond motifs is 1. The van der Waals surface area contributed by atoms with Gasteiger partial charge in [0, 0.05) is 26.1 Å². The zero-order valence-corrected chi connectivity index (χ0v) is 14.1. The Morgan fingerprint density at radius 2 is 2.14 bits per heavy atom. The van der Waals surface area contributed by atoms with Crippen molar-refractivity contribution in [2.75, 3.05) is 33.7 Å². The number of rotatable bonds is 6. The van der Waals surface area contributed by atoms with E-state index in [0.29, 0.717) is 12.5 Å². The largest absolute Gasteiger partial charge is 0.345 e. The lowest BCUT2D eigenvalue weighted by Crippen LogP contribution is -2.37. The van der Waals surface area contributed by atoms with Crippen LogP contribution in [0.3, 0.4) is 0 Å². The van der Waals surface area contributed by atoms with Crippen LogP contribution in [0.15, 0.2) is 0 Å². The van der Waals surface area contributed by atoms with Crippen LogP contribution in [0.5, 0.6) is 0 Å². The minimum absolute atomic E-state index is 0.0275. The molecule has 1 atom stereocenters. The van der Waals surface area contributed by atoms with E-state index in [2.05, 4.69) is 39.2 Å². The predicted molar refractivity (Wildman–Crippen MR) is 85.5 cm³/mol. The van der Waals surface area contributed by atoms with Gasteiger partial charge in [0.05, 0.1) is 12.6 Å². The average Bonchev–Trinajstić information content (AvgIpc) is 2.65. The number of hydrogen-bond acceptors (Lipinski definition) is 5. The minimum Gasteiger partial charge on any atom is -0.345 e. The highest BCUT2D eigenvalue weighted by Crippen LogP contribution is 2.21. The molecule has 1 aromatic heterocycles. The van der Waals surface area contributed by atoms with Crippen LogP contribution in [-0.2, 0) is 17.8 Å². The molecule has 1 amide bonds. The average molecular weight is 308 g/mol. The zero-order valence-electron chi connectivity index (χ0n) is 14.1. The summed E-state index contributed by atoms with van der Waals surface area (Å²) in [6.07, 6.45) is 1.75. The summed E-state index contributed by atoms with van der Waals surface area (Å²) in [5.41, 5.74) is 0. The van der Waals surface area contributed by atoms with Crippen molar-refractivity contribution >= 4 is 5.91 Å². The normalized spacial score (nSPS) is 16.5. The molecule has 0 aromatic carbocycles. The van der Waals surface area contributed by atoms with Crippen LogP contribution in [0.4, 0.5) is 0 Å². The van der Waals surface area contributed by atoms with Crippen molar-refractivity contribution in [2.24, 2.45) is 5.92 Å². The molecule has 2 rings (SSSR count). The number of nitrogens with zero attached hydrogens (tertiary/aromatic N) is 4. The maximum absolute atomic E-state index is 12.2. The first-order valence-corrected chi connectivity index (χ1v) is 8.04. The molecule has 1 aromatic rings. The second-order valence-electron chi connectivity index (χ2n) is 6.61. The Morgan fingerprint density at radius 3 is 2.82 bits per heavy atom. The Labute approximate surface area is 132 Å². The van der Waals surface area contributed by atoms with Crippen LogP contribution in [0.2, 0.25) is 0 Å². The van der Waals surface area contributed by atoms with Crippen molar-refractivity contribution in [3.8, 4) is 0 Å². The van der Waals surface area contributed by atoms with Gasteiger partial charge in [-0.25, -0.2) is 0 Å². The van der Waals surface area contributed by atoms with E-state index in [1.54, 1.807) is 0 Å². The number of aromatic nitrogens is 3. The molecule has 7 heteroatoms. The number of likely N-dealkylation sites (N-methyl/N-ethyl adjacent to an activating group) is 1. The topological polar surface area (TPSA) is 75.1 Å². The number of carbonyl (C=O) groups is 1. The van der Waals surface area contributed by atoms with Crippen molar-refractivity contribution in [1.29, 1.82) is 0 Å². The molecule has 0 unspecified atom stereocenters. The minimum atomic E-state index is -0.0770. The van der Waals surface area contributed by atoms with Crippen molar-refractivity contribution in [2.45, 2.75) is 39.3 Å². The van der Waals surface area contributed by atoms with E-state index in [1.807, 2.05) is 19.0 Å². The first-order chi connectivity index (χ1) is 10.5. The fourth-order valence-corrected chi connectivity index (χ4v) is 2.78. The lowest BCUT2D eigenvalue weighted by Gasteiger charge is -2.22. The van der Waals surface area contributed by atoms with Crippen molar-refractivity contribution in [3.63, 3.8) is 0 Å². The fraction of sp³-hybridized carbons (Fsp3) is 0.800. The van der Waals surface area contributed by atoms with Gasteiger partial charge in [-0.3, -0.25) is 4.79 Å². The summed E-state index contributed by atoms with van der Waals surface area (Å²) in [4.78, 5) is 14.0. The van der Waals surface area contributed by atoms with Gasteiger partial charge in [0.25, 0.3) is 0 Å². The van der Waals surface area contributed by atoms with E-state index in [9.17, 15) is 4.79 Å². The Morgan fingerprint density at radius 1 is 1.36 bits per heavy atom. The maximum atomic E-state index is 12.2. The molecule has 1 aliphatic rings. The third kappa shape index (κ3) is 4.51. The van der Waals surface area contributed by atoms with Crippen LogP contribution >= 0.6 is 0 Å². The number of nitrogens with one attached hydrogen (secondary N) is 2. The molecule has 0 saturated carbocycles. The molecule has 0 fully saturated rings. The van der Waals surface area contributed by atoms with Gasteiger partial charge in [-0.15, -0.1) is 10.2 Å². The van der Waals surface area contributed by atoms with E-state index in [0.717, 1.165) is 44.1 Å². The molecular formula is C15H28N6O. The smallest absolute Gasteiger partial charge is 0.234 e. The summed E-state index contributed by atoms with van der Waals surface area (Å²) >= 11 is 0. The monoisotopic (exact) mass is 308 g/mol. The highest BCUT2D eigenvalue weighted by molar-refractivity contribution is 5.78. The second-order valence-corrected chi connectivity index (χ2v) is 6.61. The summed E-state index contributed by atoms with van der Waals surface area (Å²) in [6.45, 7) is 7.41. The lowest BCUT2D eigenvalue weighted by atomic mass is 10.0. The van der Waals surface area contributed by atoms with Gasteiger partial charge >= 0.3 is 0 Å². The molecule has 0 radical (unpaired) electrons. The lowest BCUT2D eigenvalue weighted by molar-refractivity contribution is -0.122. The molecule has 0 spiro atoms. The van der Waals surface area contributed by atoms with E-state index in [1.165, 1.54) is 0 Å². The summed E-state index contributed by atoms with van der Waals surface area (Å²) < 4.78 is 2.17. The quantitative estimate of drug-likeness (QED) is 0.785. The van der Waals surface area contributed by atoms with Gasteiger partial charge in [0.1, 0.15) is 5.82 Å². The second kappa shape index (κ2) is 7.69. The highest BCUT2D eigenvalue weighted by atomic mass is 16.2. The zero-order chi connectivity index (χ0) is 16.1. The molecule has 2 heterocycles. The molecule has 7 nitrogen and oxygen atoms in total. The predicted octanol–water partition coefficient (Wildman–Crippen LogP) is 0.189. The third-order valence-corrected chi connectivity index (χ3v) is 3.71. The van der Waals surface area contributed by atoms with Gasteiger partial charge < -0.3 is 20.1 Å². The van der Waals surface area contributed by atoms with Crippen molar-refractivity contribution in [1.82, 2.24) is 30.3 Å². The molecular weight excluding hydrogens is 280 g/mol.